The molecule has 166 valence electrons. The molecule has 13 heteroatoms. The van der Waals surface area contributed by atoms with Crippen molar-refractivity contribution in [2.45, 2.75) is 0 Å². The number of carbonyl (C=O) groups is 1. The van der Waals surface area contributed by atoms with Crippen LogP contribution in [-0.2, 0) is 0 Å². The lowest BCUT2D eigenvalue weighted by Crippen LogP contribution is -2.12. The number of non-ortho nitro benzene ring substituents is 1. The summed E-state index contributed by atoms with van der Waals surface area (Å²) in [6.45, 7) is 0. The number of fused-ring (bicyclic) bond motifs is 2. The summed E-state index contributed by atoms with van der Waals surface area (Å²) < 4.78 is 5.05. The molecular weight excluding hydrogens is 572 g/mol. The topological polar surface area (TPSA) is 177 Å². The van der Waals surface area contributed by atoms with Crippen LogP contribution in [0.4, 0.5) is 11.4 Å². The van der Waals surface area contributed by atoms with Gasteiger partial charge in [0.25, 0.3) is 11.1 Å². The SMILES string of the molecule is O=C(O)c1ccccc1-c1c2cc([N+](=O)[O-])c(=O)c(Br)c-2oc2c(Br)c([O-])c([N+](=O)[O-])cc12. The molecule has 0 atom stereocenters. The van der Waals surface area contributed by atoms with Crippen molar-refractivity contribution in [1.29, 1.82) is 0 Å². The predicted molar refractivity (Wildman–Crippen MR) is 120 cm³/mol. The van der Waals surface area contributed by atoms with E-state index < -0.39 is 38.4 Å². The summed E-state index contributed by atoms with van der Waals surface area (Å²) in [6, 6.07) is 7.44. The Labute approximate surface area is 198 Å². The monoisotopic (exact) mass is 577 g/mol. The van der Waals surface area contributed by atoms with E-state index in [0.29, 0.717) is 0 Å². The van der Waals surface area contributed by atoms with Crippen LogP contribution in [0.3, 0.4) is 0 Å². The number of nitro benzene ring substituents is 2. The quantitative estimate of drug-likeness (QED) is 0.204. The number of rotatable bonds is 4. The summed E-state index contributed by atoms with van der Waals surface area (Å²) in [5.74, 6) is -2.55. The molecule has 11 nitrogen and oxygen atoms in total. The molecule has 2 aromatic rings. The van der Waals surface area contributed by atoms with E-state index in [1.807, 2.05) is 0 Å². The van der Waals surface area contributed by atoms with Gasteiger partial charge in [0, 0.05) is 28.6 Å². The zero-order valence-electron chi connectivity index (χ0n) is 15.8. The first-order valence-electron chi connectivity index (χ1n) is 8.78. The second-order valence-electron chi connectivity index (χ2n) is 6.67. The van der Waals surface area contributed by atoms with Gasteiger partial charge in [0.05, 0.1) is 19.9 Å². The van der Waals surface area contributed by atoms with Crippen molar-refractivity contribution in [3.8, 4) is 28.2 Å². The molecule has 1 N–H and O–H groups in total. The molecule has 2 aromatic carbocycles. The minimum atomic E-state index is -1.34. The van der Waals surface area contributed by atoms with Crippen LogP contribution in [0.25, 0.3) is 33.4 Å². The first-order chi connectivity index (χ1) is 15.5. The van der Waals surface area contributed by atoms with Gasteiger partial charge in [-0.1, -0.05) is 18.2 Å². The molecule has 0 saturated heterocycles. The molecule has 2 aliphatic rings. The van der Waals surface area contributed by atoms with Gasteiger partial charge in [-0.3, -0.25) is 25.0 Å². The normalized spacial score (nSPS) is 11.1. The van der Waals surface area contributed by atoms with Crippen molar-refractivity contribution in [1.82, 2.24) is 0 Å². The number of aromatic carboxylic acids is 1. The zero-order chi connectivity index (χ0) is 24.2. The molecule has 1 aliphatic carbocycles. The Bertz CT molecular complexity index is 1560. The summed E-state index contributed by atoms with van der Waals surface area (Å²) in [7, 11) is 0. The molecule has 0 spiro atoms. The average molecular weight is 579 g/mol. The molecule has 33 heavy (non-hydrogen) atoms. The number of nitro groups is 2. The fraction of sp³-hybridized carbons (Fsp3) is 0. The lowest BCUT2D eigenvalue weighted by atomic mass is 9.90. The molecule has 1 aliphatic heterocycles. The summed E-state index contributed by atoms with van der Waals surface area (Å²) in [5, 5.41) is 45.0. The molecule has 0 aromatic heterocycles. The number of carboxylic acids is 1. The van der Waals surface area contributed by atoms with Crippen molar-refractivity contribution in [3.05, 3.63) is 81.4 Å². The molecule has 0 unspecified atom stereocenters. The Balaban J connectivity index is 2.37. The second-order valence-corrected chi connectivity index (χ2v) is 8.26. The van der Waals surface area contributed by atoms with E-state index in [-0.39, 0.29) is 47.9 Å². The summed E-state index contributed by atoms with van der Waals surface area (Å²) >= 11 is 5.98. The van der Waals surface area contributed by atoms with Crippen molar-refractivity contribution in [3.63, 3.8) is 0 Å². The third-order valence-electron chi connectivity index (χ3n) is 4.88. The molecule has 0 bridgehead atoms. The van der Waals surface area contributed by atoms with Crippen LogP contribution in [0, 0.1) is 20.2 Å². The van der Waals surface area contributed by atoms with E-state index in [4.69, 9.17) is 4.42 Å². The smallest absolute Gasteiger partial charge is 0.336 e. The summed E-state index contributed by atoms with van der Waals surface area (Å²) in [6.07, 6.45) is 0. The van der Waals surface area contributed by atoms with Gasteiger partial charge in [-0.25, -0.2) is 4.79 Å². The molecule has 1 heterocycles. The van der Waals surface area contributed by atoms with Gasteiger partial charge >= 0.3 is 11.7 Å². The van der Waals surface area contributed by atoms with Gasteiger partial charge in [0.1, 0.15) is 10.1 Å². The fourth-order valence-corrected chi connectivity index (χ4v) is 4.47. The van der Waals surface area contributed by atoms with E-state index in [0.717, 1.165) is 12.1 Å². The van der Waals surface area contributed by atoms with Crippen LogP contribution in [-0.4, -0.2) is 20.9 Å². The van der Waals surface area contributed by atoms with E-state index in [1.165, 1.54) is 24.3 Å². The van der Waals surface area contributed by atoms with Gasteiger partial charge in [-0.15, -0.1) is 0 Å². The van der Waals surface area contributed by atoms with Crippen molar-refractivity contribution >= 4 is 60.2 Å². The summed E-state index contributed by atoms with van der Waals surface area (Å²) in [4.78, 5) is 45.5. The number of hydrogen-bond acceptors (Lipinski definition) is 8. The van der Waals surface area contributed by atoms with Crippen LogP contribution in [0.2, 0.25) is 0 Å². The van der Waals surface area contributed by atoms with Crippen molar-refractivity contribution < 1.29 is 29.3 Å². The van der Waals surface area contributed by atoms with Gasteiger partial charge < -0.3 is 14.6 Å². The van der Waals surface area contributed by atoms with Crippen LogP contribution >= 0.6 is 31.9 Å². The molecular formula is C20H7Br2N2O9-. The van der Waals surface area contributed by atoms with E-state index >= 15 is 0 Å². The van der Waals surface area contributed by atoms with Crippen LogP contribution in [0.5, 0.6) is 5.75 Å². The number of carboxylic acid groups (broad SMARTS) is 1. The highest BCUT2D eigenvalue weighted by Crippen LogP contribution is 2.49. The Hall–Kier alpha value is -3.84. The number of hydrogen-bond donors (Lipinski definition) is 1. The Morgan fingerprint density at radius 3 is 2.21 bits per heavy atom. The average Bonchev–Trinajstić information content (AvgIpc) is 2.77. The lowest BCUT2D eigenvalue weighted by Gasteiger charge is -2.20. The van der Waals surface area contributed by atoms with Crippen molar-refractivity contribution in [2.75, 3.05) is 0 Å². The molecule has 0 fully saturated rings. The predicted octanol–water partition coefficient (Wildman–Crippen LogP) is 4.68. The standard InChI is InChI=1S/C20H8Br2N2O9/c21-14-16(25)11(23(29)30)5-9-13(7-3-1-2-4-8(7)20(27)28)10-6-12(24(31)32)17(26)15(22)19(10)33-18(9)14/h1-6,25H,(H,27,28)/p-1. The third-order valence-corrected chi connectivity index (χ3v) is 6.32. The number of benzene rings is 3. The molecule has 4 rings (SSSR count). The highest BCUT2D eigenvalue weighted by Gasteiger charge is 2.30. The van der Waals surface area contributed by atoms with E-state index in [9.17, 15) is 40.0 Å². The van der Waals surface area contributed by atoms with Gasteiger partial charge in [-0.2, -0.15) is 0 Å². The minimum absolute atomic E-state index is 0.00292. The Kier molecular flexibility index (Phi) is 5.38. The maximum absolute atomic E-state index is 12.5. The first-order valence-corrected chi connectivity index (χ1v) is 10.4. The van der Waals surface area contributed by atoms with Gasteiger partial charge in [0.2, 0.25) is 0 Å². The van der Waals surface area contributed by atoms with Crippen LogP contribution in [0.1, 0.15) is 10.4 Å². The Morgan fingerprint density at radius 2 is 1.61 bits per heavy atom. The minimum Gasteiger partial charge on any atom is -0.867 e. The van der Waals surface area contributed by atoms with E-state index in [2.05, 4.69) is 31.9 Å². The Morgan fingerprint density at radius 1 is 0.970 bits per heavy atom. The number of halogens is 2. The number of nitrogens with zero attached hydrogens (tertiary/aromatic N) is 2. The maximum Gasteiger partial charge on any atom is 0.336 e. The highest BCUT2D eigenvalue weighted by molar-refractivity contribution is 9.11. The van der Waals surface area contributed by atoms with Gasteiger partial charge in [0.15, 0.2) is 5.76 Å². The third kappa shape index (κ3) is 3.41. The van der Waals surface area contributed by atoms with E-state index in [1.54, 1.807) is 0 Å². The maximum atomic E-state index is 12.5. The van der Waals surface area contributed by atoms with Crippen LogP contribution < -0.4 is 10.5 Å². The van der Waals surface area contributed by atoms with Crippen LogP contribution in [0.15, 0.2) is 54.6 Å². The fourth-order valence-electron chi connectivity index (χ4n) is 3.47. The largest absolute Gasteiger partial charge is 0.867 e. The zero-order valence-corrected chi connectivity index (χ0v) is 19.0. The molecule has 0 amide bonds. The molecule has 0 saturated carbocycles. The van der Waals surface area contributed by atoms with Crippen molar-refractivity contribution in [2.24, 2.45) is 0 Å². The first kappa shape index (κ1) is 22.4. The lowest BCUT2D eigenvalue weighted by molar-refractivity contribution is -0.398. The van der Waals surface area contributed by atoms with Gasteiger partial charge in [-0.05, 0) is 49.2 Å². The second kappa shape index (κ2) is 7.94. The molecule has 0 radical (unpaired) electrons. The summed E-state index contributed by atoms with van der Waals surface area (Å²) in [5.41, 5.74) is -3.11. The highest BCUT2D eigenvalue weighted by atomic mass is 79.9.